The number of hydrogen-bond donors (Lipinski definition) is 2. The van der Waals surface area contributed by atoms with Crippen molar-refractivity contribution in [2.24, 2.45) is 0 Å². The van der Waals surface area contributed by atoms with Crippen LogP contribution in [0.2, 0.25) is 0 Å². The third-order valence-corrected chi connectivity index (χ3v) is 3.01. The van der Waals surface area contributed by atoms with E-state index >= 15 is 0 Å². The minimum absolute atomic E-state index is 0.248. The molecule has 0 spiro atoms. The molecule has 1 atom stereocenters. The van der Waals surface area contributed by atoms with E-state index in [9.17, 15) is 14.1 Å². The largest absolute Gasteiger partial charge is 0.606 e. The molecule has 0 aliphatic carbocycles. The van der Waals surface area contributed by atoms with Gasteiger partial charge >= 0.3 is 11.9 Å². The monoisotopic (exact) mass is 240 g/mol. The predicted octanol–water partition coefficient (Wildman–Crippen LogP) is 0.847. The van der Waals surface area contributed by atoms with Gasteiger partial charge in [-0.3, -0.25) is 0 Å². The minimum atomic E-state index is -1.99. The van der Waals surface area contributed by atoms with Gasteiger partial charge in [0, 0.05) is 11.2 Å². The summed E-state index contributed by atoms with van der Waals surface area (Å²) in [4.78, 5) is 20.7. The zero-order chi connectivity index (χ0) is 12.1. The molecule has 16 heavy (non-hydrogen) atoms. The summed E-state index contributed by atoms with van der Waals surface area (Å²) in [6.45, 7) is 0. The van der Waals surface area contributed by atoms with Crippen LogP contribution in [0, 0.1) is 0 Å². The van der Waals surface area contributed by atoms with E-state index in [-0.39, 0.29) is 4.90 Å². The molecule has 0 saturated carbocycles. The Morgan fingerprint density at radius 2 is 1.75 bits per heavy atom. The van der Waals surface area contributed by atoms with E-state index < -0.39 is 28.0 Å². The van der Waals surface area contributed by atoms with Crippen molar-refractivity contribution in [1.29, 1.82) is 0 Å². The van der Waals surface area contributed by atoms with Crippen LogP contribution in [0.25, 0.3) is 0 Å². The average molecular weight is 240 g/mol. The van der Waals surface area contributed by atoms with E-state index in [2.05, 4.69) is 0 Å². The van der Waals surface area contributed by atoms with Crippen molar-refractivity contribution < 1.29 is 24.4 Å². The molecule has 6 heteroatoms. The maximum absolute atomic E-state index is 11.7. The van der Waals surface area contributed by atoms with Crippen molar-refractivity contribution in [2.45, 2.75) is 4.90 Å². The Hall–Kier alpha value is -1.79. The van der Waals surface area contributed by atoms with Crippen molar-refractivity contribution >= 4 is 23.1 Å². The maximum atomic E-state index is 11.7. The maximum Gasteiger partial charge on any atom is 0.385 e. The summed E-state index contributed by atoms with van der Waals surface area (Å²) in [5, 5.41) is 17.2. The molecule has 1 aromatic rings. The van der Waals surface area contributed by atoms with Crippen molar-refractivity contribution in [2.75, 3.05) is 0 Å². The topological polar surface area (TPSA) is 97.7 Å². The molecule has 0 saturated heterocycles. The van der Waals surface area contributed by atoms with Crippen LogP contribution in [0.5, 0.6) is 0 Å². The van der Waals surface area contributed by atoms with E-state index in [1.54, 1.807) is 18.2 Å². The van der Waals surface area contributed by atoms with Gasteiger partial charge < -0.3 is 14.8 Å². The van der Waals surface area contributed by atoms with Crippen LogP contribution in [-0.4, -0.2) is 26.7 Å². The highest BCUT2D eigenvalue weighted by Gasteiger charge is 2.26. The quantitative estimate of drug-likeness (QED) is 0.600. The normalized spacial score (nSPS) is 13.2. The highest BCUT2D eigenvalue weighted by molar-refractivity contribution is 7.96. The smallest absolute Gasteiger partial charge is 0.385 e. The highest BCUT2D eigenvalue weighted by Crippen LogP contribution is 2.18. The molecule has 0 amide bonds. The fourth-order valence-electron chi connectivity index (χ4n) is 0.978. The van der Waals surface area contributed by atoms with Gasteiger partial charge in [-0.05, 0) is 12.1 Å². The van der Waals surface area contributed by atoms with Crippen LogP contribution in [0.15, 0.2) is 46.2 Å². The Balaban J connectivity index is 3.06. The number of carbonyl (C=O) groups is 2. The first-order valence-corrected chi connectivity index (χ1v) is 5.32. The van der Waals surface area contributed by atoms with Crippen LogP contribution in [0.4, 0.5) is 0 Å². The standard InChI is InChI=1S/C10H8O5S/c11-9(12)6-8(10(13)14)16(15)7-4-2-1-3-5-7/h1-6H,(H,11,12)(H,13,14). The second-order valence-electron chi connectivity index (χ2n) is 2.73. The summed E-state index contributed by atoms with van der Waals surface area (Å²) in [7, 11) is 0. The lowest BCUT2D eigenvalue weighted by Crippen LogP contribution is -2.15. The fourth-order valence-corrected chi connectivity index (χ4v) is 2.00. The Morgan fingerprint density at radius 3 is 2.19 bits per heavy atom. The van der Waals surface area contributed by atoms with Gasteiger partial charge in [-0.2, -0.15) is 0 Å². The van der Waals surface area contributed by atoms with Crippen molar-refractivity contribution in [3.8, 4) is 0 Å². The summed E-state index contributed by atoms with van der Waals surface area (Å²) in [5.74, 6) is -2.95. The van der Waals surface area contributed by atoms with E-state index in [1.165, 1.54) is 12.1 Å². The highest BCUT2D eigenvalue weighted by atomic mass is 32.2. The van der Waals surface area contributed by atoms with Gasteiger partial charge in [0.25, 0.3) is 0 Å². The number of carboxylic acids is 2. The average Bonchev–Trinajstić information content (AvgIpc) is 2.25. The Bertz CT molecular complexity index is 426. The molecule has 1 aromatic carbocycles. The second kappa shape index (κ2) is 5.34. The van der Waals surface area contributed by atoms with Crippen LogP contribution in [-0.2, 0) is 20.8 Å². The SMILES string of the molecule is O=C(O)C=C(C(=O)O)[S+]([O-])c1ccccc1. The third-order valence-electron chi connectivity index (χ3n) is 1.62. The molecule has 0 aliphatic heterocycles. The van der Waals surface area contributed by atoms with E-state index in [0.717, 1.165) is 0 Å². The zero-order valence-corrected chi connectivity index (χ0v) is 8.81. The van der Waals surface area contributed by atoms with Crippen LogP contribution in [0.1, 0.15) is 0 Å². The number of rotatable bonds is 4. The van der Waals surface area contributed by atoms with Crippen molar-refractivity contribution in [1.82, 2.24) is 0 Å². The number of aliphatic carboxylic acids is 2. The van der Waals surface area contributed by atoms with Gasteiger partial charge in [-0.1, -0.05) is 18.2 Å². The van der Waals surface area contributed by atoms with Gasteiger partial charge in [0.1, 0.15) is 0 Å². The summed E-state index contributed by atoms with van der Waals surface area (Å²) in [6, 6.07) is 7.80. The first-order chi connectivity index (χ1) is 7.52. The first kappa shape index (κ1) is 12.3. The fraction of sp³-hybridized carbons (Fsp3) is 0. The van der Waals surface area contributed by atoms with Gasteiger partial charge in [0.15, 0.2) is 4.90 Å². The summed E-state index contributed by atoms with van der Waals surface area (Å²) >= 11 is -1.99. The van der Waals surface area contributed by atoms with Gasteiger partial charge in [-0.15, -0.1) is 0 Å². The molecular weight excluding hydrogens is 232 g/mol. The van der Waals surface area contributed by atoms with Crippen molar-refractivity contribution in [3.05, 3.63) is 41.3 Å². The molecular formula is C10H8O5S. The molecule has 0 bridgehead atoms. The molecule has 0 fully saturated rings. The van der Waals surface area contributed by atoms with E-state index in [1.807, 2.05) is 0 Å². The number of benzene rings is 1. The molecule has 5 nitrogen and oxygen atoms in total. The van der Waals surface area contributed by atoms with E-state index in [4.69, 9.17) is 10.2 Å². The zero-order valence-electron chi connectivity index (χ0n) is 7.99. The number of carboxylic acid groups (broad SMARTS) is 2. The lowest BCUT2D eigenvalue weighted by molar-refractivity contribution is -0.134. The third kappa shape index (κ3) is 3.11. The predicted molar refractivity (Wildman–Crippen MR) is 56.2 cm³/mol. The molecule has 1 rings (SSSR count). The first-order valence-electron chi connectivity index (χ1n) is 4.17. The summed E-state index contributed by atoms with van der Waals surface area (Å²) in [5.41, 5.74) is 0. The lowest BCUT2D eigenvalue weighted by atomic mass is 10.4. The van der Waals surface area contributed by atoms with Gasteiger partial charge in [0.2, 0.25) is 4.91 Å². The molecule has 0 radical (unpaired) electrons. The number of hydrogen-bond acceptors (Lipinski definition) is 3. The van der Waals surface area contributed by atoms with Crippen LogP contribution >= 0.6 is 0 Å². The van der Waals surface area contributed by atoms with E-state index in [0.29, 0.717) is 6.08 Å². The van der Waals surface area contributed by atoms with Crippen LogP contribution < -0.4 is 0 Å². The van der Waals surface area contributed by atoms with Crippen molar-refractivity contribution in [3.63, 3.8) is 0 Å². The van der Waals surface area contributed by atoms with Crippen LogP contribution in [0.3, 0.4) is 0 Å². The van der Waals surface area contributed by atoms with Gasteiger partial charge in [-0.25, -0.2) is 9.59 Å². The molecule has 84 valence electrons. The molecule has 0 aliphatic rings. The Morgan fingerprint density at radius 1 is 1.19 bits per heavy atom. The molecule has 2 N–H and O–H groups in total. The van der Waals surface area contributed by atoms with Gasteiger partial charge in [0.05, 0.1) is 6.08 Å². The Labute approximate surface area is 94.2 Å². The molecule has 0 heterocycles. The minimum Gasteiger partial charge on any atom is -0.606 e. The Kier molecular flexibility index (Phi) is 4.10. The lowest BCUT2D eigenvalue weighted by Gasteiger charge is -2.08. The summed E-state index contributed by atoms with van der Waals surface area (Å²) < 4.78 is 11.7. The molecule has 1 unspecified atom stereocenters. The molecule has 0 aromatic heterocycles. The summed E-state index contributed by atoms with van der Waals surface area (Å²) in [6.07, 6.45) is 0.436. The second-order valence-corrected chi connectivity index (χ2v) is 4.18.